The summed E-state index contributed by atoms with van der Waals surface area (Å²) in [6.45, 7) is 0. The molecular formula is C8H12N2O4S2. The fraction of sp³-hybridized carbons (Fsp3) is 0.250. The largest absolute Gasteiger partial charge is 0.408 e. The maximum absolute atomic E-state index is 10.4. The lowest BCUT2D eigenvalue weighted by atomic mass is 10.3. The molecule has 0 bridgehead atoms. The first-order valence-corrected chi connectivity index (χ1v) is 6.30. The van der Waals surface area contributed by atoms with E-state index in [-0.39, 0.29) is 0 Å². The van der Waals surface area contributed by atoms with Crippen molar-refractivity contribution >= 4 is 33.8 Å². The third-order valence-electron chi connectivity index (χ3n) is 1.72. The second-order valence-electron chi connectivity index (χ2n) is 3.20. The number of nitrogens with zero attached hydrogens (tertiary/aromatic N) is 1. The molecule has 16 heavy (non-hydrogen) atoms. The number of anilines is 2. The van der Waals surface area contributed by atoms with Crippen LogP contribution in [0.3, 0.4) is 0 Å². The van der Waals surface area contributed by atoms with Gasteiger partial charge in [-0.05, 0) is 18.2 Å². The highest BCUT2D eigenvalue weighted by Crippen LogP contribution is 2.30. The van der Waals surface area contributed by atoms with Gasteiger partial charge in [-0.25, -0.2) is 0 Å². The molecule has 0 atom stereocenters. The molecule has 0 heterocycles. The quantitative estimate of drug-likeness (QED) is 0.479. The molecule has 0 aliphatic heterocycles. The average molecular weight is 264 g/mol. The van der Waals surface area contributed by atoms with Gasteiger partial charge in [0.05, 0.1) is 16.9 Å². The molecule has 0 saturated carbocycles. The second-order valence-corrected chi connectivity index (χ2v) is 5.20. The fourth-order valence-electron chi connectivity index (χ4n) is 0.953. The Hall–Kier alpha value is -0.960. The molecule has 1 aromatic carbocycles. The van der Waals surface area contributed by atoms with Gasteiger partial charge in [0, 0.05) is 25.5 Å². The normalized spacial score (nSPS) is 11.4. The molecule has 1 aromatic rings. The van der Waals surface area contributed by atoms with E-state index in [0.717, 1.165) is 5.69 Å². The Kier molecular flexibility index (Phi) is 4.03. The van der Waals surface area contributed by atoms with Gasteiger partial charge < -0.3 is 10.6 Å². The highest BCUT2D eigenvalue weighted by Gasteiger charge is 2.10. The first-order chi connectivity index (χ1) is 7.29. The molecule has 0 aliphatic carbocycles. The number of nitrogen functional groups attached to an aromatic ring is 1. The van der Waals surface area contributed by atoms with Crippen LogP contribution in [0.5, 0.6) is 0 Å². The third-order valence-corrected chi connectivity index (χ3v) is 3.22. The molecular weight excluding hydrogens is 252 g/mol. The van der Waals surface area contributed by atoms with Crippen LogP contribution in [0, 0.1) is 0 Å². The summed E-state index contributed by atoms with van der Waals surface area (Å²) in [7, 11) is -0.805. The Morgan fingerprint density at radius 3 is 2.56 bits per heavy atom. The minimum Gasteiger partial charge on any atom is -0.398 e. The summed E-state index contributed by atoms with van der Waals surface area (Å²) in [5, 5.41) is 0. The zero-order chi connectivity index (χ0) is 12.3. The summed E-state index contributed by atoms with van der Waals surface area (Å²) in [5.74, 6) is 0. The predicted molar refractivity (Wildman–Crippen MR) is 63.7 cm³/mol. The van der Waals surface area contributed by atoms with Crippen LogP contribution in [0.25, 0.3) is 0 Å². The van der Waals surface area contributed by atoms with Crippen LogP contribution in [0.15, 0.2) is 23.1 Å². The first kappa shape index (κ1) is 13.1. The Balaban J connectivity index is 2.90. The summed E-state index contributed by atoms with van der Waals surface area (Å²) in [6.07, 6.45) is 0. The van der Waals surface area contributed by atoms with Crippen molar-refractivity contribution in [2.75, 3.05) is 24.7 Å². The Morgan fingerprint density at radius 2 is 2.06 bits per heavy atom. The van der Waals surface area contributed by atoms with Crippen molar-refractivity contribution in [2.45, 2.75) is 4.90 Å². The summed E-state index contributed by atoms with van der Waals surface area (Å²) >= 11 is 0.496. The smallest absolute Gasteiger partial charge is 0.398 e. The van der Waals surface area contributed by atoms with Crippen LogP contribution < -0.4 is 10.6 Å². The molecule has 6 nitrogen and oxygen atoms in total. The van der Waals surface area contributed by atoms with Gasteiger partial charge in [-0.2, -0.15) is 12.0 Å². The van der Waals surface area contributed by atoms with E-state index in [1.165, 1.54) is 0 Å². The lowest BCUT2D eigenvalue weighted by molar-refractivity contribution is 0.408. The topological polar surface area (TPSA) is 92.9 Å². The van der Waals surface area contributed by atoms with Crippen molar-refractivity contribution in [1.29, 1.82) is 0 Å². The standard InChI is InChI=1S/C8H12N2O4S2/c1-10(2)6-3-4-7(9)8(5-6)15-14-16(11,12)13/h3-5H,9H2,1-2H3,(H,11,12,13). The minimum atomic E-state index is -4.48. The molecule has 1 rings (SSSR count). The molecule has 3 N–H and O–H groups in total. The zero-order valence-electron chi connectivity index (χ0n) is 8.75. The highest BCUT2D eigenvalue weighted by atomic mass is 32.3. The Bertz CT molecular complexity index is 473. The van der Waals surface area contributed by atoms with Crippen molar-refractivity contribution < 1.29 is 16.6 Å². The van der Waals surface area contributed by atoms with Crippen LogP contribution in [0.2, 0.25) is 0 Å². The van der Waals surface area contributed by atoms with E-state index in [4.69, 9.17) is 10.3 Å². The van der Waals surface area contributed by atoms with Gasteiger partial charge in [0.1, 0.15) is 0 Å². The molecule has 0 radical (unpaired) electrons. The molecule has 0 spiro atoms. The molecule has 0 amide bonds. The van der Waals surface area contributed by atoms with E-state index in [1.807, 2.05) is 19.0 Å². The van der Waals surface area contributed by atoms with E-state index >= 15 is 0 Å². The maximum atomic E-state index is 10.4. The van der Waals surface area contributed by atoms with Crippen LogP contribution in [-0.2, 0) is 14.0 Å². The molecule has 0 aliphatic rings. The van der Waals surface area contributed by atoms with E-state index in [1.54, 1.807) is 18.2 Å². The number of benzene rings is 1. The van der Waals surface area contributed by atoms with Crippen molar-refractivity contribution in [3.05, 3.63) is 18.2 Å². The second kappa shape index (κ2) is 4.91. The van der Waals surface area contributed by atoms with Crippen molar-refractivity contribution in [1.82, 2.24) is 0 Å². The van der Waals surface area contributed by atoms with E-state index < -0.39 is 10.4 Å². The third kappa shape index (κ3) is 3.89. The summed E-state index contributed by atoms with van der Waals surface area (Å²) < 4.78 is 33.4. The van der Waals surface area contributed by atoms with Gasteiger partial charge >= 0.3 is 10.4 Å². The lowest BCUT2D eigenvalue weighted by Gasteiger charge is -2.14. The molecule has 0 aromatic heterocycles. The summed E-state index contributed by atoms with van der Waals surface area (Å²) in [5.41, 5.74) is 6.84. The van der Waals surface area contributed by atoms with Crippen LogP contribution in [0.1, 0.15) is 0 Å². The fourth-order valence-corrected chi connectivity index (χ4v) is 1.92. The van der Waals surface area contributed by atoms with Gasteiger partial charge in [0.25, 0.3) is 0 Å². The first-order valence-electron chi connectivity index (χ1n) is 4.20. The molecule has 90 valence electrons. The van der Waals surface area contributed by atoms with E-state index in [2.05, 4.69) is 3.63 Å². The summed E-state index contributed by atoms with van der Waals surface area (Å²) in [6, 6.07) is 5.07. The number of hydrogen-bond acceptors (Lipinski definition) is 6. The number of nitrogens with two attached hydrogens (primary N) is 1. The van der Waals surface area contributed by atoms with Crippen molar-refractivity contribution in [2.24, 2.45) is 0 Å². The van der Waals surface area contributed by atoms with Crippen LogP contribution in [-0.4, -0.2) is 27.1 Å². The minimum absolute atomic E-state index is 0.374. The van der Waals surface area contributed by atoms with Gasteiger partial charge in [-0.3, -0.25) is 4.55 Å². The van der Waals surface area contributed by atoms with E-state index in [0.29, 0.717) is 22.6 Å². The van der Waals surface area contributed by atoms with Gasteiger partial charge in [-0.1, -0.05) is 0 Å². The van der Waals surface area contributed by atoms with E-state index in [9.17, 15) is 8.42 Å². The SMILES string of the molecule is CN(C)c1ccc(N)c(SOS(=O)(=O)O)c1. The molecule has 0 saturated heterocycles. The Labute approximate surface area is 98.5 Å². The van der Waals surface area contributed by atoms with Crippen LogP contribution in [0.4, 0.5) is 11.4 Å². The highest BCUT2D eigenvalue weighted by molar-refractivity contribution is 8.02. The number of rotatable bonds is 4. The van der Waals surface area contributed by atoms with Crippen molar-refractivity contribution in [3.63, 3.8) is 0 Å². The predicted octanol–water partition coefficient (Wildman–Crippen LogP) is 1.16. The Morgan fingerprint density at radius 1 is 1.44 bits per heavy atom. The number of hydrogen-bond donors (Lipinski definition) is 2. The monoisotopic (exact) mass is 264 g/mol. The summed E-state index contributed by atoms with van der Waals surface area (Å²) in [4.78, 5) is 2.25. The van der Waals surface area contributed by atoms with Gasteiger partial charge in [0.2, 0.25) is 0 Å². The van der Waals surface area contributed by atoms with Crippen LogP contribution >= 0.6 is 12.0 Å². The van der Waals surface area contributed by atoms with Gasteiger partial charge in [0.15, 0.2) is 0 Å². The lowest BCUT2D eigenvalue weighted by Crippen LogP contribution is -2.08. The maximum Gasteiger partial charge on any atom is 0.408 e. The zero-order valence-corrected chi connectivity index (χ0v) is 10.4. The van der Waals surface area contributed by atoms with Crippen molar-refractivity contribution in [3.8, 4) is 0 Å². The van der Waals surface area contributed by atoms with Gasteiger partial charge in [-0.15, -0.1) is 0 Å². The average Bonchev–Trinajstić information content (AvgIpc) is 2.14. The molecule has 8 heteroatoms. The molecule has 0 unspecified atom stereocenters. The molecule has 0 fully saturated rings.